The van der Waals surface area contributed by atoms with E-state index in [1.165, 1.54) is 15.0 Å². The van der Waals surface area contributed by atoms with E-state index in [2.05, 4.69) is 28.9 Å². The number of β-amino-alcohol motifs (C(OH)–C–C–N with tert-alkyl or cyclic N) is 1. The number of halogens is 1. The number of aliphatic hydroxyl groups excluding tert-OH is 1. The summed E-state index contributed by atoms with van der Waals surface area (Å²) < 4.78 is 7.21. The molecule has 0 spiro atoms. The third-order valence-corrected chi connectivity index (χ3v) is 8.15. The summed E-state index contributed by atoms with van der Waals surface area (Å²) >= 11 is 8.24. The molecule has 0 bridgehead atoms. The smallest absolute Gasteiger partial charge is 0.414 e. The van der Waals surface area contributed by atoms with Crippen LogP contribution in [0.1, 0.15) is 30.6 Å². The van der Waals surface area contributed by atoms with E-state index in [1.54, 1.807) is 0 Å². The number of piperidine rings is 1. The number of likely N-dealkylation sites (tertiary alicyclic amines) is 1. The van der Waals surface area contributed by atoms with Gasteiger partial charge in [0.05, 0.1) is 0 Å². The van der Waals surface area contributed by atoms with Gasteiger partial charge >= 0.3 is 11.9 Å². The Labute approximate surface area is 223 Å². The number of nitrogens with one attached hydrogen (secondary N) is 1. The largest absolute Gasteiger partial charge is 0.490 e. The van der Waals surface area contributed by atoms with Crippen molar-refractivity contribution in [2.24, 2.45) is 0 Å². The van der Waals surface area contributed by atoms with Crippen LogP contribution in [0.2, 0.25) is 5.02 Å². The second-order valence-electron chi connectivity index (χ2n) is 9.14. The quantitative estimate of drug-likeness (QED) is 0.246. The van der Waals surface area contributed by atoms with E-state index in [9.17, 15) is 5.11 Å². The Morgan fingerprint density at radius 3 is 2.62 bits per heavy atom. The number of aromatic nitrogens is 1. The normalized spacial score (nSPS) is 18.8. The number of hydrogen-bond donors (Lipinski definition) is 4. The van der Waals surface area contributed by atoms with Gasteiger partial charge in [-0.25, -0.2) is 9.59 Å². The first-order valence-electron chi connectivity index (χ1n) is 12.0. The van der Waals surface area contributed by atoms with Crippen LogP contribution in [-0.4, -0.2) is 69.0 Å². The van der Waals surface area contributed by atoms with Crippen molar-refractivity contribution in [3.8, 4) is 5.75 Å². The number of carbonyl (C=O) groups is 2. The summed E-state index contributed by atoms with van der Waals surface area (Å²) in [5.41, 5.74) is 1.05. The van der Waals surface area contributed by atoms with Gasteiger partial charge < -0.3 is 25.0 Å². The predicted molar refractivity (Wildman–Crippen MR) is 145 cm³/mol. The third kappa shape index (κ3) is 6.61. The Hall–Kier alpha value is -3.11. The van der Waals surface area contributed by atoms with Gasteiger partial charge in [-0.2, -0.15) is 0 Å². The maximum absolute atomic E-state index is 10.6. The lowest BCUT2D eigenvalue weighted by Crippen LogP contribution is -2.45. The molecule has 2 unspecified atom stereocenters. The molecule has 1 saturated heterocycles. The number of carboxylic acid groups (broad SMARTS) is 2. The molecule has 4 aromatic rings. The number of fused-ring (bicyclic) bond motifs is 2. The highest BCUT2D eigenvalue weighted by molar-refractivity contribution is 7.19. The van der Waals surface area contributed by atoms with Crippen LogP contribution in [0, 0.1) is 0 Å². The fraction of sp³-hybridized carbons (Fsp3) is 0.333. The summed E-state index contributed by atoms with van der Waals surface area (Å²) in [5, 5.41) is 28.5. The minimum Gasteiger partial charge on any atom is -0.490 e. The van der Waals surface area contributed by atoms with Crippen molar-refractivity contribution < 1.29 is 29.6 Å². The van der Waals surface area contributed by atoms with Crippen molar-refractivity contribution in [1.82, 2.24) is 9.88 Å². The first-order valence-corrected chi connectivity index (χ1v) is 13.2. The number of thiophene rings is 1. The van der Waals surface area contributed by atoms with E-state index < -0.39 is 18.0 Å². The molecular formula is C27H29ClN2O6S. The lowest BCUT2D eigenvalue weighted by molar-refractivity contribution is -0.159. The van der Waals surface area contributed by atoms with Crippen molar-refractivity contribution in [2.45, 2.75) is 37.8 Å². The average molecular weight is 545 g/mol. The van der Waals surface area contributed by atoms with Crippen LogP contribution < -0.4 is 4.74 Å². The molecule has 3 heterocycles. The standard InChI is InChI=1S/C25H27ClN2O2S.C2H2O4/c1-16-12-17(25-13-20-21(26)4-2-7-24(20)31-25)9-11-28(16)14-18(29)15-30-23-6-3-5-22-19(23)8-10-27-22;3-1(4)2(5)6/h2-8,10,13,16-18,27,29H,9,11-12,14-15H2,1H3;(H,3,4)(H,5,6)/t16?,17?,18-;/m0./s1. The van der Waals surface area contributed by atoms with E-state index in [-0.39, 0.29) is 0 Å². The molecule has 37 heavy (non-hydrogen) atoms. The summed E-state index contributed by atoms with van der Waals surface area (Å²) in [7, 11) is 0. The molecule has 196 valence electrons. The van der Waals surface area contributed by atoms with E-state index in [0.29, 0.717) is 25.1 Å². The van der Waals surface area contributed by atoms with E-state index in [0.717, 1.165) is 41.1 Å². The number of aliphatic hydroxyl groups is 1. The molecule has 1 fully saturated rings. The van der Waals surface area contributed by atoms with Gasteiger partial charge in [0.2, 0.25) is 0 Å². The number of ether oxygens (including phenoxy) is 1. The molecule has 8 nitrogen and oxygen atoms in total. The van der Waals surface area contributed by atoms with Gasteiger partial charge in [-0.3, -0.25) is 4.90 Å². The fourth-order valence-electron chi connectivity index (χ4n) is 4.69. The van der Waals surface area contributed by atoms with Crippen LogP contribution in [0.5, 0.6) is 5.75 Å². The number of rotatable bonds is 6. The van der Waals surface area contributed by atoms with Crippen LogP contribution in [0.3, 0.4) is 0 Å². The molecular weight excluding hydrogens is 516 g/mol. The molecule has 1 aliphatic heterocycles. The summed E-state index contributed by atoms with van der Waals surface area (Å²) in [4.78, 5) is 25.2. The highest BCUT2D eigenvalue weighted by Crippen LogP contribution is 2.40. The molecule has 4 N–H and O–H groups in total. The lowest BCUT2D eigenvalue weighted by Gasteiger charge is -2.38. The average Bonchev–Trinajstić information content (AvgIpc) is 3.52. The molecule has 10 heteroatoms. The highest BCUT2D eigenvalue weighted by atomic mass is 35.5. The molecule has 0 amide bonds. The van der Waals surface area contributed by atoms with Gasteiger partial charge in [-0.1, -0.05) is 23.7 Å². The number of carboxylic acids is 2. The molecule has 1 aliphatic rings. The number of benzene rings is 2. The summed E-state index contributed by atoms with van der Waals surface area (Å²) in [5.74, 6) is -2.28. The second-order valence-corrected chi connectivity index (χ2v) is 10.7. The molecule has 5 rings (SSSR count). The van der Waals surface area contributed by atoms with Gasteiger partial charge in [0.1, 0.15) is 18.5 Å². The molecule has 2 aromatic heterocycles. The SMILES string of the molecule is CC1CC(c2cc3c(Cl)cccc3s2)CCN1C[C@H](O)COc1cccc2[nH]ccc12.O=C(O)C(=O)O. The Balaban J connectivity index is 0.000000480. The molecule has 2 aromatic carbocycles. The van der Waals surface area contributed by atoms with Crippen molar-refractivity contribution >= 4 is 55.9 Å². The van der Waals surface area contributed by atoms with Crippen LogP contribution in [0.15, 0.2) is 54.7 Å². The first kappa shape index (κ1) is 26.9. The minimum atomic E-state index is -1.82. The van der Waals surface area contributed by atoms with Gasteiger partial charge in [-0.15, -0.1) is 11.3 Å². The summed E-state index contributed by atoms with van der Waals surface area (Å²) in [6, 6.07) is 16.8. The van der Waals surface area contributed by atoms with Crippen molar-refractivity contribution in [3.05, 3.63) is 64.6 Å². The van der Waals surface area contributed by atoms with Gasteiger partial charge in [0, 0.05) is 49.7 Å². The first-order chi connectivity index (χ1) is 17.7. The van der Waals surface area contributed by atoms with Crippen molar-refractivity contribution in [3.63, 3.8) is 0 Å². The Bertz CT molecular complexity index is 1370. The van der Waals surface area contributed by atoms with Crippen LogP contribution in [0.4, 0.5) is 0 Å². The number of H-pyrrole nitrogens is 1. The Morgan fingerprint density at radius 2 is 1.92 bits per heavy atom. The Kier molecular flexibility index (Phi) is 8.71. The maximum atomic E-state index is 10.6. The van der Waals surface area contributed by atoms with E-state index in [4.69, 9.17) is 36.1 Å². The highest BCUT2D eigenvalue weighted by Gasteiger charge is 2.29. The van der Waals surface area contributed by atoms with Gasteiger partial charge in [0.25, 0.3) is 0 Å². The second kappa shape index (κ2) is 12.0. The van der Waals surface area contributed by atoms with Crippen molar-refractivity contribution in [2.75, 3.05) is 19.7 Å². The van der Waals surface area contributed by atoms with Crippen LogP contribution in [0.25, 0.3) is 21.0 Å². The van der Waals surface area contributed by atoms with Crippen LogP contribution >= 0.6 is 22.9 Å². The third-order valence-electron chi connectivity index (χ3n) is 6.56. The Morgan fingerprint density at radius 1 is 1.16 bits per heavy atom. The summed E-state index contributed by atoms with van der Waals surface area (Å²) in [6.45, 7) is 4.18. The number of aliphatic carboxylic acids is 2. The van der Waals surface area contributed by atoms with Gasteiger partial charge in [-0.05, 0) is 68.6 Å². The van der Waals surface area contributed by atoms with Crippen LogP contribution in [-0.2, 0) is 9.59 Å². The molecule has 0 aliphatic carbocycles. The van der Waals surface area contributed by atoms with E-state index >= 15 is 0 Å². The molecule has 0 saturated carbocycles. The molecule has 3 atom stereocenters. The summed E-state index contributed by atoms with van der Waals surface area (Å²) in [6.07, 6.45) is 3.59. The number of hydrogen-bond acceptors (Lipinski definition) is 6. The minimum absolute atomic E-state index is 0.297. The predicted octanol–water partition coefficient (Wildman–Crippen LogP) is 5.20. The molecule has 0 radical (unpaired) electrons. The monoisotopic (exact) mass is 544 g/mol. The fourth-order valence-corrected chi connectivity index (χ4v) is 6.21. The number of aromatic amines is 1. The van der Waals surface area contributed by atoms with E-state index in [1.807, 2.05) is 53.9 Å². The number of nitrogens with zero attached hydrogens (tertiary/aromatic N) is 1. The maximum Gasteiger partial charge on any atom is 0.414 e. The lowest BCUT2D eigenvalue weighted by atomic mass is 9.90. The zero-order valence-corrected chi connectivity index (χ0v) is 21.8. The zero-order valence-electron chi connectivity index (χ0n) is 20.3. The zero-order chi connectivity index (χ0) is 26.5. The van der Waals surface area contributed by atoms with Crippen molar-refractivity contribution in [1.29, 1.82) is 0 Å². The van der Waals surface area contributed by atoms with Gasteiger partial charge in [0.15, 0.2) is 0 Å². The topological polar surface area (TPSA) is 123 Å².